The minimum absolute atomic E-state index is 0.158. The summed E-state index contributed by atoms with van der Waals surface area (Å²) in [5.41, 5.74) is 7.02. The zero-order chi connectivity index (χ0) is 26.2. The Morgan fingerprint density at radius 2 is 1.82 bits per heavy atom. The number of aryl methyl sites for hydroxylation is 2. The Morgan fingerprint density at radius 3 is 2.58 bits per heavy atom. The molecule has 196 valence electrons. The summed E-state index contributed by atoms with van der Waals surface area (Å²) in [6.07, 6.45) is 8.93. The number of carbonyl (C=O) groups excluding carboxylic acids is 1. The second-order valence-electron chi connectivity index (χ2n) is 10.9. The van der Waals surface area contributed by atoms with Gasteiger partial charge in [-0.15, -0.1) is 0 Å². The van der Waals surface area contributed by atoms with Crippen molar-refractivity contribution >= 4 is 22.5 Å². The number of fused-ring (bicyclic) bond motifs is 1. The molecular weight excluding hydrogens is 474 g/mol. The van der Waals surface area contributed by atoms with Crippen LogP contribution in [-0.2, 0) is 6.54 Å². The number of aromatic nitrogens is 3. The highest BCUT2D eigenvalue weighted by molar-refractivity contribution is 6.08. The van der Waals surface area contributed by atoms with E-state index in [1.165, 1.54) is 31.4 Å². The monoisotopic (exact) mass is 509 g/mol. The van der Waals surface area contributed by atoms with Gasteiger partial charge in [-0.05, 0) is 86.6 Å². The fourth-order valence-corrected chi connectivity index (χ4v) is 6.16. The highest BCUT2D eigenvalue weighted by Gasteiger charge is 2.23. The molecule has 38 heavy (non-hydrogen) atoms. The van der Waals surface area contributed by atoms with Gasteiger partial charge in [0.15, 0.2) is 0 Å². The third kappa shape index (κ3) is 4.62. The van der Waals surface area contributed by atoms with Crippen LogP contribution in [0.2, 0.25) is 0 Å². The Labute approximate surface area is 222 Å². The third-order valence-electron chi connectivity index (χ3n) is 8.20. The molecule has 1 saturated heterocycles. The van der Waals surface area contributed by atoms with Crippen molar-refractivity contribution in [1.82, 2.24) is 20.1 Å². The lowest BCUT2D eigenvalue weighted by Crippen LogP contribution is -2.28. The average molecular weight is 510 g/mol. The van der Waals surface area contributed by atoms with Crippen LogP contribution >= 0.6 is 0 Å². The molecule has 2 fully saturated rings. The number of amides is 1. The van der Waals surface area contributed by atoms with E-state index in [1.54, 1.807) is 0 Å². The molecule has 7 nitrogen and oxygen atoms in total. The number of benzene rings is 2. The van der Waals surface area contributed by atoms with E-state index >= 15 is 0 Å². The van der Waals surface area contributed by atoms with Crippen molar-refractivity contribution in [3.05, 3.63) is 81.4 Å². The number of anilines is 1. The molecule has 2 aromatic heterocycles. The van der Waals surface area contributed by atoms with Crippen molar-refractivity contribution in [2.24, 2.45) is 0 Å². The molecule has 2 aromatic carbocycles. The maximum atomic E-state index is 13.6. The second-order valence-corrected chi connectivity index (χ2v) is 10.9. The largest absolute Gasteiger partial charge is 0.372 e. The summed E-state index contributed by atoms with van der Waals surface area (Å²) >= 11 is 0. The average Bonchev–Trinajstić information content (AvgIpc) is 3.69. The lowest BCUT2D eigenvalue weighted by molar-refractivity contribution is 0.0952. The van der Waals surface area contributed by atoms with Gasteiger partial charge in [0, 0.05) is 42.0 Å². The standard InChI is InChI=1S/C31H35N5O2/c1-20-14-21(2)34-31(38)27(20)18-32-30(37)26-16-23(22-8-7-11-25(15-22)35-12-5-6-13-35)17-29-28(26)19-33-36(29)24-9-3-4-10-24/h7-8,11,14-17,19,24H,3-6,9-10,12-13,18H2,1-2H3,(H,32,37)(H,34,38). The van der Waals surface area contributed by atoms with Crippen LogP contribution in [0.15, 0.2) is 53.5 Å². The second kappa shape index (κ2) is 10.1. The molecule has 4 aromatic rings. The zero-order valence-electron chi connectivity index (χ0n) is 22.2. The molecule has 6 rings (SSSR count). The first-order chi connectivity index (χ1) is 18.5. The topological polar surface area (TPSA) is 83.0 Å². The van der Waals surface area contributed by atoms with Crippen LogP contribution in [0.5, 0.6) is 0 Å². The van der Waals surface area contributed by atoms with Gasteiger partial charge in [0.2, 0.25) is 0 Å². The van der Waals surface area contributed by atoms with Gasteiger partial charge in [-0.1, -0.05) is 25.0 Å². The first kappa shape index (κ1) is 24.5. The zero-order valence-corrected chi connectivity index (χ0v) is 22.2. The molecule has 0 spiro atoms. The Hall–Kier alpha value is -3.87. The van der Waals surface area contributed by atoms with Crippen LogP contribution in [0.25, 0.3) is 22.0 Å². The number of nitrogens with zero attached hydrogens (tertiary/aromatic N) is 3. The molecule has 7 heteroatoms. The quantitative estimate of drug-likeness (QED) is 0.352. The first-order valence-electron chi connectivity index (χ1n) is 13.8. The fourth-order valence-electron chi connectivity index (χ4n) is 6.16. The lowest BCUT2D eigenvalue weighted by Gasteiger charge is -2.19. The Bertz CT molecular complexity index is 1550. The van der Waals surface area contributed by atoms with Gasteiger partial charge in [0.25, 0.3) is 11.5 Å². The number of carbonyl (C=O) groups is 1. The molecule has 1 aliphatic heterocycles. The van der Waals surface area contributed by atoms with E-state index < -0.39 is 0 Å². The maximum absolute atomic E-state index is 13.6. The molecule has 0 atom stereocenters. The van der Waals surface area contributed by atoms with Gasteiger partial charge < -0.3 is 15.2 Å². The minimum atomic E-state index is -0.196. The summed E-state index contributed by atoms with van der Waals surface area (Å²) in [6, 6.07) is 15.1. The van der Waals surface area contributed by atoms with Gasteiger partial charge in [-0.25, -0.2) is 0 Å². The molecule has 3 heterocycles. The molecule has 1 amide bonds. The molecular formula is C31H35N5O2. The minimum Gasteiger partial charge on any atom is -0.372 e. The molecule has 0 bridgehead atoms. The Kier molecular flexibility index (Phi) is 6.52. The number of H-pyrrole nitrogens is 1. The van der Waals surface area contributed by atoms with Crippen molar-refractivity contribution in [1.29, 1.82) is 0 Å². The van der Waals surface area contributed by atoms with E-state index in [-0.39, 0.29) is 18.0 Å². The molecule has 1 aliphatic carbocycles. The van der Waals surface area contributed by atoms with E-state index in [4.69, 9.17) is 5.10 Å². The number of rotatable bonds is 6. The van der Waals surface area contributed by atoms with Crippen LogP contribution in [-0.4, -0.2) is 33.8 Å². The first-order valence-corrected chi connectivity index (χ1v) is 13.8. The van der Waals surface area contributed by atoms with E-state index in [0.29, 0.717) is 17.2 Å². The van der Waals surface area contributed by atoms with Crippen molar-refractivity contribution in [2.75, 3.05) is 18.0 Å². The number of aromatic amines is 1. The Morgan fingerprint density at radius 1 is 1.03 bits per heavy atom. The summed E-state index contributed by atoms with van der Waals surface area (Å²) in [5.74, 6) is -0.196. The van der Waals surface area contributed by atoms with Crippen molar-refractivity contribution in [3.8, 4) is 11.1 Å². The van der Waals surface area contributed by atoms with Gasteiger partial charge in [0.1, 0.15) is 0 Å². The predicted octanol–water partition coefficient (Wildman–Crippen LogP) is 5.65. The smallest absolute Gasteiger partial charge is 0.253 e. The van der Waals surface area contributed by atoms with Gasteiger partial charge in [0.05, 0.1) is 23.3 Å². The summed E-state index contributed by atoms with van der Waals surface area (Å²) in [4.78, 5) is 31.4. The number of hydrogen-bond acceptors (Lipinski definition) is 4. The van der Waals surface area contributed by atoms with Crippen LogP contribution in [0.4, 0.5) is 5.69 Å². The molecule has 0 unspecified atom stereocenters. The maximum Gasteiger partial charge on any atom is 0.253 e. The van der Waals surface area contributed by atoms with Crippen LogP contribution in [0.1, 0.15) is 71.7 Å². The van der Waals surface area contributed by atoms with Gasteiger partial charge in [-0.2, -0.15) is 5.10 Å². The van der Waals surface area contributed by atoms with Crippen LogP contribution in [0.3, 0.4) is 0 Å². The van der Waals surface area contributed by atoms with Gasteiger partial charge >= 0.3 is 0 Å². The summed E-state index contributed by atoms with van der Waals surface area (Å²) < 4.78 is 2.13. The van der Waals surface area contributed by atoms with Crippen LogP contribution < -0.4 is 15.8 Å². The summed E-state index contributed by atoms with van der Waals surface area (Å²) in [5, 5.41) is 8.63. The van der Waals surface area contributed by atoms with E-state index in [0.717, 1.165) is 59.2 Å². The highest BCUT2D eigenvalue weighted by atomic mass is 16.1. The van der Waals surface area contributed by atoms with Crippen molar-refractivity contribution in [3.63, 3.8) is 0 Å². The fraction of sp³-hybridized carbons (Fsp3) is 0.387. The molecule has 2 N–H and O–H groups in total. The molecule has 2 aliphatic rings. The van der Waals surface area contributed by atoms with Crippen molar-refractivity contribution in [2.45, 2.75) is 65.0 Å². The van der Waals surface area contributed by atoms with Crippen LogP contribution in [0, 0.1) is 13.8 Å². The van der Waals surface area contributed by atoms with E-state index in [1.807, 2.05) is 32.2 Å². The summed E-state index contributed by atoms with van der Waals surface area (Å²) in [6.45, 7) is 6.11. The lowest BCUT2D eigenvalue weighted by atomic mass is 9.98. The van der Waals surface area contributed by atoms with Gasteiger partial charge in [-0.3, -0.25) is 14.3 Å². The molecule has 0 radical (unpaired) electrons. The van der Waals surface area contributed by atoms with E-state index in [9.17, 15) is 9.59 Å². The Balaban J connectivity index is 1.40. The normalized spacial score (nSPS) is 16.0. The summed E-state index contributed by atoms with van der Waals surface area (Å²) in [7, 11) is 0. The number of nitrogens with one attached hydrogen (secondary N) is 2. The number of pyridine rings is 1. The SMILES string of the molecule is Cc1cc(C)c(CNC(=O)c2cc(-c3cccc(N4CCCC4)c3)cc3c2cnn3C2CCCC2)c(=O)[nH]1. The number of hydrogen-bond donors (Lipinski definition) is 2. The van der Waals surface area contributed by atoms with E-state index in [2.05, 4.69) is 50.2 Å². The predicted molar refractivity (Wildman–Crippen MR) is 152 cm³/mol. The van der Waals surface area contributed by atoms with Crippen molar-refractivity contribution < 1.29 is 4.79 Å². The molecule has 1 saturated carbocycles. The highest BCUT2D eigenvalue weighted by Crippen LogP contribution is 2.35. The third-order valence-corrected chi connectivity index (χ3v) is 8.20.